The summed E-state index contributed by atoms with van der Waals surface area (Å²) in [6.45, 7) is 11.3. The molecule has 0 spiro atoms. The highest BCUT2D eigenvalue weighted by atomic mass is 32.2. The van der Waals surface area contributed by atoms with Gasteiger partial charge in [-0.3, -0.25) is 0 Å². The molecule has 3 atom stereocenters. The van der Waals surface area contributed by atoms with Gasteiger partial charge in [0.1, 0.15) is 11.5 Å². The molecule has 3 aromatic rings. The average Bonchev–Trinajstić information content (AvgIpc) is 2.85. The molecule has 5 heteroatoms. The number of fused-ring (bicyclic) bond motifs is 1. The monoisotopic (exact) mass is 506 g/mol. The molecule has 0 aromatic heterocycles. The van der Waals surface area contributed by atoms with Crippen molar-refractivity contribution in [2.75, 3.05) is 20.0 Å². The minimum atomic E-state index is -1.21. The third-order valence-corrected chi connectivity index (χ3v) is 8.69. The second-order valence-corrected chi connectivity index (χ2v) is 14.1. The molecule has 0 N–H and O–H groups in total. The Morgan fingerprint density at radius 3 is 2.17 bits per heavy atom. The van der Waals surface area contributed by atoms with E-state index < -0.39 is 9.04 Å². The van der Waals surface area contributed by atoms with Crippen LogP contribution in [-0.4, -0.2) is 29.0 Å². The van der Waals surface area contributed by atoms with Gasteiger partial charge in [0.05, 0.1) is 20.3 Å². The molecule has 186 valence electrons. The van der Waals surface area contributed by atoms with Crippen LogP contribution in [0.4, 0.5) is 0 Å². The molecule has 3 aromatic carbocycles. The van der Waals surface area contributed by atoms with Gasteiger partial charge in [-0.25, -0.2) is 0 Å². The molecule has 4 rings (SSSR count). The van der Waals surface area contributed by atoms with Gasteiger partial charge >= 0.3 is 0 Å². The molecule has 0 aliphatic carbocycles. The first-order valence-electron chi connectivity index (χ1n) is 12.4. The minimum Gasteiger partial charge on any atom is -0.497 e. The number of methoxy groups -OCH3 is 2. The van der Waals surface area contributed by atoms with Crippen molar-refractivity contribution in [3.63, 3.8) is 0 Å². The lowest BCUT2D eigenvalue weighted by atomic mass is 9.76. The highest BCUT2D eigenvalue weighted by Crippen LogP contribution is 2.50. The summed E-state index contributed by atoms with van der Waals surface area (Å²) >= 11 is 1.92. The summed E-state index contributed by atoms with van der Waals surface area (Å²) < 4.78 is 17.6. The standard InChI is InChI=1S/C30H38O3SSi/c1-30(2,3)29(33-35(6)7)22-10-8-9-21(17-22)28-25-16-15-24(32-5)18-27(25)34-19-26(28)20-11-13-23(31-4)14-12-20/h8-18,26,28-29,35H,19H2,1-7H3. The number of ether oxygens (including phenoxy) is 2. The summed E-state index contributed by atoms with van der Waals surface area (Å²) in [4.78, 5) is 1.31. The Hall–Kier alpha value is -2.21. The van der Waals surface area contributed by atoms with E-state index in [9.17, 15) is 0 Å². The average molecular weight is 507 g/mol. The number of hydrogen-bond donors (Lipinski definition) is 0. The van der Waals surface area contributed by atoms with Gasteiger partial charge < -0.3 is 13.9 Å². The molecular formula is C30H38O3SSi. The number of hydrogen-bond acceptors (Lipinski definition) is 4. The lowest BCUT2D eigenvalue weighted by Gasteiger charge is -2.36. The van der Waals surface area contributed by atoms with Crippen LogP contribution >= 0.6 is 11.8 Å². The largest absolute Gasteiger partial charge is 0.497 e. The minimum absolute atomic E-state index is 0.0268. The van der Waals surface area contributed by atoms with E-state index in [0.29, 0.717) is 5.92 Å². The number of benzene rings is 3. The van der Waals surface area contributed by atoms with Crippen molar-refractivity contribution in [2.45, 2.75) is 56.7 Å². The van der Waals surface area contributed by atoms with Crippen LogP contribution in [0.15, 0.2) is 71.6 Å². The van der Waals surface area contributed by atoms with E-state index in [1.165, 1.54) is 27.1 Å². The molecule has 0 saturated carbocycles. The van der Waals surface area contributed by atoms with Gasteiger partial charge in [0.25, 0.3) is 0 Å². The SMILES string of the molecule is COc1ccc(C2CSc3cc(OC)ccc3C2c2cccc(C(O[SiH](C)C)C(C)(C)C)c2)cc1. The normalized spacial score (nSPS) is 18.7. The predicted octanol–water partition coefficient (Wildman–Crippen LogP) is 7.81. The first kappa shape index (κ1) is 25.9. The summed E-state index contributed by atoms with van der Waals surface area (Å²) in [6.07, 6.45) is 0.0851. The van der Waals surface area contributed by atoms with Crippen LogP contribution in [0.1, 0.15) is 61.0 Å². The zero-order valence-corrected chi connectivity index (χ0v) is 24.0. The van der Waals surface area contributed by atoms with E-state index in [4.69, 9.17) is 13.9 Å². The van der Waals surface area contributed by atoms with Gasteiger partial charge in [-0.1, -0.05) is 63.2 Å². The highest BCUT2D eigenvalue weighted by molar-refractivity contribution is 7.99. The molecule has 0 bridgehead atoms. The van der Waals surface area contributed by atoms with Crippen LogP contribution in [0.3, 0.4) is 0 Å². The van der Waals surface area contributed by atoms with Gasteiger partial charge in [-0.2, -0.15) is 0 Å². The Kier molecular flexibility index (Phi) is 7.99. The van der Waals surface area contributed by atoms with Crippen LogP contribution in [0.2, 0.25) is 13.1 Å². The fraction of sp³-hybridized carbons (Fsp3) is 0.400. The van der Waals surface area contributed by atoms with Crippen LogP contribution < -0.4 is 9.47 Å². The van der Waals surface area contributed by atoms with Crippen molar-refractivity contribution in [1.82, 2.24) is 0 Å². The lowest BCUT2D eigenvalue weighted by molar-refractivity contribution is 0.0865. The molecule has 0 radical (unpaired) electrons. The van der Waals surface area contributed by atoms with Crippen molar-refractivity contribution < 1.29 is 13.9 Å². The Morgan fingerprint density at radius 1 is 0.857 bits per heavy atom. The zero-order chi connectivity index (χ0) is 25.2. The fourth-order valence-electron chi connectivity index (χ4n) is 5.04. The smallest absolute Gasteiger partial charge is 0.171 e. The highest BCUT2D eigenvalue weighted by Gasteiger charge is 2.34. The van der Waals surface area contributed by atoms with Crippen LogP contribution in [0, 0.1) is 5.41 Å². The van der Waals surface area contributed by atoms with E-state index >= 15 is 0 Å². The summed E-state index contributed by atoms with van der Waals surface area (Å²) in [5, 5.41) is 0. The molecule has 3 nitrogen and oxygen atoms in total. The Morgan fingerprint density at radius 2 is 1.54 bits per heavy atom. The van der Waals surface area contributed by atoms with Crippen LogP contribution in [-0.2, 0) is 4.43 Å². The number of thioether (sulfide) groups is 1. The molecule has 1 aliphatic rings. The molecule has 35 heavy (non-hydrogen) atoms. The summed E-state index contributed by atoms with van der Waals surface area (Å²) in [6, 6.07) is 24.3. The van der Waals surface area contributed by atoms with E-state index in [2.05, 4.69) is 101 Å². The van der Waals surface area contributed by atoms with Crippen molar-refractivity contribution in [1.29, 1.82) is 0 Å². The van der Waals surface area contributed by atoms with Gasteiger partial charge in [-0.15, -0.1) is 11.8 Å². The van der Waals surface area contributed by atoms with Gasteiger partial charge in [0.15, 0.2) is 9.04 Å². The van der Waals surface area contributed by atoms with E-state index in [0.717, 1.165) is 17.3 Å². The molecule has 0 saturated heterocycles. The quantitative estimate of drug-likeness (QED) is 0.305. The van der Waals surface area contributed by atoms with Gasteiger partial charge in [0.2, 0.25) is 0 Å². The van der Waals surface area contributed by atoms with Crippen molar-refractivity contribution in [2.24, 2.45) is 5.41 Å². The second-order valence-electron chi connectivity index (χ2n) is 10.7. The van der Waals surface area contributed by atoms with Gasteiger partial charge in [0, 0.05) is 22.5 Å². The summed E-state index contributed by atoms with van der Waals surface area (Å²) in [7, 11) is 2.25. The lowest BCUT2D eigenvalue weighted by Crippen LogP contribution is -2.26. The summed E-state index contributed by atoms with van der Waals surface area (Å²) in [5.74, 6) is 3.43. The first-order valence-corrected chi connectivity index (χ1v) is 16.2. The fourth-order valence-corrected chi connectivity index (χ4v) is 7.45. The third kappa shape index (κ3) is 5.79. The van der Waals surface area contributed by atoms with Crippen molar-refractivity contribution in [3.8, 4) is 11.5 Å². The molecular weight excluding hydrogens is 468 g/mol. The molecule has 3 unspecified atom stereocenters. The van der Waals surface area contributed by atoms with Crippen molar-refractivity contribution in [3.05, 3.63) is 89.0 Å². The Bertz CT molecular complexity index is 1140. The zero-order valence-electron chi connectivity index (χ0n) is 22.0. The maximum Gasteiger partial charge on any atom is 0.171 e. The topological polar surface area (TPSA) is 27.7 Å². The first-order chi connectivity index (χ1) is 16.7. The van der Waals surface area contributed by atoms with Gasteiger partial charge in [-0.05, 0) is 65.0 Å². The molecule has 0 amide bonds. The molecule has 1 heterocycles. The number of rotatable bonds is 7. The van der Waals surface area contributed by atoms with E-state index in [1.54, 1.807) is 14.2 Å². The maximum absolute atomic E-state index is 6.58. The predicted molar refractivity (Wildman–Crippen MR) is 150 cm³/mol. The van der Waals surface area contributed by atoms with Crippen LogP contribution in [0.25, 0.3) is 0 Å². The van der Waals surface area contributed by atoms with Crippen LogP contribution in [0.5, 0.6) is 11.5 Å². The van der Waals surface area contributed by atoms with E-state index in [1.807, 2.05) is 11.8 Å². The molecule has 0 fully saturated rings. The Balaban J connectivity index is 1.82. The molecule has 1 aliphatic heterocycles. The second kappa shape index (κ2) is 10.8. The van der Waals surface area contributed by atoms with E-state index in [-0.39, 0.29) is 17.4 Å². The maximum atomic E-state index is 6.58. The summed E-state index contributed by atoms with van der Waals surface area (Å²) in [5.41, 5.74) is 5.36. The van der Waals surface area contributed by atoms with Crippen molar-refractivity contribution >= 4 is 20.8 Å². The Labute approximate surface area is 216 Å². The third-order valence-electron chi connectivity index (χ3n) is 6.69.